The van der Waals surface area contributed by atoms with Crippen LogP contribution in [0.25, 0.3) is 0 Å². The summed E-state index contributed by atoms with van der Waals surface area (Å²) in [5, 5.41) is 21.3. The standard InChI is InChI=1S/C24H32F2O6/c1-20(2)31-19-9-13-14-8-16(25)15-7-12(28)5-6-21(15,3)23(14,26)17(29)10-22(13,4)24(19,32-20)18(30)11-27/h7,13-14,16-17,19,27,29H,5-6,8-11H2,1-4H3/t13-,14-,16-,17-,19+,21-,22-,23-,24+/m0/s1/i5T,6T/t5?,6?,13-,14-,16-,17-,19+,21-,22-,23-,24+. The first-order valence-electron chi connectivity index (χ1n) is 12.4. The normalized spacial score (nSPS) is 59.2. The largest absolute Gasteiger partial charge is 0.390 e. The fourth-order valence-corrected chi connectivity index (χ4v) is 7.92. The number of ether oxygens (including phenoxy) is 2. The first kappa shape index (κ1) is 20.2. The van der Waals surface area contributed by atoms with E-state index < -0.39 is 89.1 Å². The molecule has 4 aliphatic carbocycles. The average molecular weight is 459 g/mol. The molecule has 8 heteroatoms. The van der Waals surface area contributed by atoms with E-state index in [1.54, 1.807) is 20.8 Å². The number of hydrogen-bond donors (Lipinski definition) is 2. The van der Waals surface area contributed by atoms with E-state index in [1.807, 2.05) is 0 Å². The van der Waals surface area contributed by atoms with E-state index in [0.717, 1.165) is 6.08 Å². The maximum absolute atomic E-state index is 17.4. The van der Waals surface area contributed by atoms with E-state index in [9.17, 15) is 19.8 Å². The van der Waals surface area contributed by atoms with Gasteiger partial charge in [-0.1, -0.05) is 13.8 Å². The van der Waals surface area contributed by atoms with Crippen LogP contribution in [0.3, 0.4) is 0 Å². The molecule has 4 fully saturated rings. The summed E-state index contributed by atoms with van der Waals surface area (Å²) in [6.07, 6.45) is -6.94. The minimum absolute atomic E-state index is 0.155. The smallest absolute Gasteiger partial charge is 0.193 e. The quantitative estimate of drug-likeness (QED) is 0.661. The lowest BCUT2D eigenvalue weighted by molar-refractivity contribution is -0.254. The third-order valence-corrected chi connectivity index (χ3v) is 9.18. The molecule has 3 saturated carbocycles. The molecule has 32 heavy (non-hydrogen) atoms. The summed E-state index contributed by atoms with van der Waals surface area (Å²) in [6.45, 7) is 5.51. The number of hydrogen-bond acceptors (Lipinski definition) is 6. The Morgan fingerprint density at radius 2 is 1.97 bits per heavy atom. The molecule has 1 saturated heterocycles. The van der Waals surface area contributed by atoms with Gasteiger partial charge >= 0.3 is 0 Å². The first-order valence-corrected chi connectivity index (χ1v) is 11.3. The molecule has 2 unspecified atom stereocenters. The van der Waals surface area contributed by atoms with Crippen molar-refractivity contribution < 1.29 is 40.8 Å². The van der Waals surface area contributed by atoms with Crippen LogP contribution in [0, 0.1) is 22.7 Å². The Labute approximate surface area is 189 Å². The van der Waals surface area contributed by atoms with Crippen LogP contribution in [0.4, 0.5) is 8.78 Å². The lowest BCUT2D eigenvalue weighted by Crippen LogP contribution is -2.71. The highest BCUT2D eigenvalue weighted by molar-refractivity contribution is 5.92. The van der Waals surface area contributed by atoms with Crippen molar-refractivity contribution in [3.63, 3.8) is 0 Å². The van der Waals surface area contributed by atoms with Crippen molar-refractivity contribution in [2.24, 2.45) is 22.7 Å². The van der Waals surface area contributed by atoms with Crippen molar-refractivity contribution in [2.45, 2.75) is 95.2 Å². The summed E-state index contributed by atoms with van der Waals surface area (Å²) < 4.78 is 62.0. The molecule has 5 rings (SSSR count). The van der Waals surface area contributed by atoms with Crippen LogP contribution in [0.5, 0.6) is 0 Å². The number of rotatable bonds is 2. The third-order valence-electron chi connectivity index (χ3n) is 9.18. The Kier molecular flexibility index (Phi) is 4.08. The van der Waals surface area contributed by atoms with Gasteiger partial charge in [-0.25, -0.2) is 8.78 Å². The molecule has 5 aliphatic rings. The number of aliphatic hydroxyl groups is 2. The molecular formula is C24H32F2O6. The maximum Gasteiger partial charge on any atom is 0.193 e. The molecular weight excluding hydrogens is 422 g/mol. The number of carbonyl (C=O) groups excluding carboxylic acids is 2. The minimum Gasteiger partial charge on any atom is -0.390 e. The lowest BCUT2D eigenvalue weighted by atomic mass is 9.43. The molecule has 0 bridgehead atoms. The number of fused-ring (bicyclic) bond motifs is 7. The molecule has 0 spiro atoms. The van der Waals surface area contributed by atoms with Crippen LogP contribution < -0.4 is 0 Å². The predicted molar refractivity (Wildman–Crippen MR) is 109 cm³/mol. The molecule has 2 N–H and O–H groups in total. The second-order valence-electron chi connectivity index (χ2n) is 11.0. The predicted octanol–water partition coefficient (Wildman–Crippen LogP) is 2.59. The molecule has 0 aromatic carbocycles. The molecule has 0 radical (unpaired) electrons. The fourth-order valence-electron chi connectivity index (χ4n) is 7.92. The molecule has 1 aliphatic heterocycles. The van der Waals surface area contributed by atoms with Gasteiger partial charge in [0.1, 0.15) is 18.4 Å². The van der Waals surface area contributed by atoms with Crippen LogP contribution in [0.2, 0.25) is 0 Å². The Balaban J connectivity index is 1.68. The van der Waals surface area contributed by atoms with Gasteiger partial charge in [0.05, 0.1) is 12.2 Å². The molecule has 178 valence electrons. The van der Waals surface area contributed by atoms with Crippen molar-refractivity contribution in [1.29, 1.82) is 0 Å². The van der Waals surface area contributed by atoms with Crippen LogP contribution in [0.15, 0.2) is 11.6 Å². The van der Waals surface area contributed by atoms with Crippen LogP contribution in [-0.4, -0.2) is 63.8 Å². The summed E-state index contributed by atoms with van der Waals surface area (Å²) in [5.41, 5.74) is -7.39. The van der Waals surface area contributed by atoms with E-state index in [4.69, 9.17) is 12.2 Å². The van der Waals surface area contributed by atoms with Gasteiger partial charge in [0.15, 0.2) is 23.0 Å². The highest BCUT2D eigenvalue weighted by Crippen LogP contribution is 2.73. The van der Waals surface area contributed by atoms with Gasteiger partial charge in [0, 0.05) is 25.9 Å². The van der Waals surface area contributed by atoms with Crippen molar-refractivity contribution >= 4 is 11.6 Å². The Hall–Kier alpha value is -1.22. The zero-order valence-electron chi connectivity index (χ0n) is 20.7. The van der Waals surface area contributed by atoms with Crippen molar-refractivity contribution in [2.75, 3.05) is 6.61 Å². The molecule has 11 atom stereocenters. The second kappa shape index (κ2) is 6.46. The number of carbonyl (C=O) groups is 2. The topological polar surface area (TPSA) is 93.1 Å². The Bertz CT molecular complexity index is 991. The highest BCUT2D eigenvalue weighted by atomic mass is 19.1. The number of ketones is 2. The fraction of sp³-hybridized carbons (Fsp3) is 0.833. The number of aliphatic hydroxyl groups excluding tert-OH is 2. The molecule has 0 amide bonds. The maximum atomic E-state index is 17.4. The van der Waals surface area contributed by atoms with Gasteiger partial charge in [0.2, 0.25) is 0 Å². The molecule has 0 aromatic rings. The Morgan fingerprint density at radius 1 is 1.28 bits per heavy atom. The molecule has 1 heterocycles. The SMILES string of the molecule is [3H]C1C(=O)C=C2[C@@H](F)C[C@H]3[C@@H]4C[C@H]5OC(C)(C)O[C@@]5(C(=O)CO)[C@@]4(C)C[C@H](O)[C@]3(F)[C@@]2(C)C1[3H]. The lowest BCUT2D eigenvalue weighted by Gasteiger charge is -2.64. The van der Waals surface area contributed by atoms with Gasteiger partial charge in [-0.15, -0.1) is 0 Å². The van der Waals surface area contributed by atoms with Crippen molar-refractivity contribution in [3.8, 4) is 0 Å². The van der Waals surface area contributed by atoms with Crippen molar-refractivity contribution in [1.82, 2.24) is 0 Å². The van der Waals surface area contributed by atoms with Gasteiger partial charge in [0.25, 0.3) is 0 Å². The van der Waals surface area contributed by atoms with Gasteiger partial charge in [-0.3, -0.25) is 9.59 Å². The summed E-state index contributed by atoms with van der Waals surface area (Å²) in [7, 11) is 0. The average Bonchev–Trinajstić information content (AvgIpc) is 3.16. The monoisotopic (exact) mass is 458 g/mol. The van der Waals surface area contributed by atoms with E-state index in [1.165, 1.54) is 6.92 Å². The number of halogens is 2. The minimum atomic E-state index is -2.50. The molecule has 0 aromatic heterocycles. The van der Waals surface area contributed by atoms with E-state index in [-0.39, 0.29) is 24.8 Å². The summed E-state index contributed by atoms with van der Waals surface area (Å²) in [4.78, 5) is 25.4. The van der Waals surface area contributed by atoms with E-state index in [0.29, 0.717) is 0 Å². The number of Topliss-reactive ketones (excluding diaryl/α,β-unsaturated/α-hetero) is 1. The number of allylic oxidation sites excluding steroid dienone is 1. The van der Waals surface area contributed by atoms with Gasteiger partial charge in [-0.05, 0) is 57.1 Å². The third kappa shape index (κ3) is 2.37. The van der Waals surface area contributed by atoms with E-state index >= 15 is 8.78 Å². The van der Waals surface area contributed by atoms with Crippen LogP contribution >= 0.6 is 0 Å². The summed E-state index contributed by atoms with van der Waals surface area (Å²) in [5.74, 6) is -4.29. The van der Waals surface area contributed by atoms with Crippen LogP contribution in [0.1, 0.15) is 62.5 Å². The van der Waals surface area contributed by atoms with E-state index in [2.05, 4.69) is 0 Å². The molecule has 6 nitrogen and oxygen atoms in total. The van der Waals surface area contributed by atoms with Gasteiger partial charge < -0.3 is 19.7 Å². The number of alkyl halides is 2. The first-order chi connectivity index (χ1) is 15.6. The van der Waals surface area contributed by atoms with Gasteiger partial charge in [-0.2, -0.15) is 0 Å². The second-order valence-corrected chi connectivity index (χ2v) is 11.0. The Morgan fingerprint density at radius 3 is 2.62 bits per heavy atom. The van der Waals surface area contributed by atoms with Crippen molar-refractivity contribution in [3.05, 3.63) is 11.6 Å². The zero-order valence-corrected chi connectivity index (χ0v) is 18.7. The zero-order chi connectivity index (χ0) is 25.2. The highest BCUT2D eigenvalue weighted by Gasteiger charge is 2.80. The van der Waals surface area contributed by atoms with Crippen LogP contribution in [-0.2, 0) is 19.1 Å². The summed E-state index contributed by atoms with van der Waals surface area (Å²) in [6, 6.07) is 0. The summed E-state index contributed by atoms with van der Waals surface area (Å²) >= 11 is 0.